The highest BCUT2D eigenvalue weighted by Gasteiger charge is 2.26. The first-order valence-corrected chi connectivity index (χ1v) is 10.7. The van der Waals surface area contributed by atoms with Crippen molar-refractivity contribution in [3.05, 3.63) is 36.5 Å². The third kappa shape index (κ3) is 4.27. The van der Waals surface area contributed by atoms with Gasteiger partial charge in [-0.2, -0.15) is 10.1 Å². The largest absolute Gasteiger partial charge is 0.495 e. The molecule has 31 heavy (non-hydrogen) atoms. The van der Waals surface area contributed by atoms with E-state index >= 15 is 0 Å². The molecule has 4 heterocycles. The molecule has 0 amide bonds. The molecule has 8 nitrogen and oxygen atoms in total. The summed E-state index contributed by atoms with van der Waals surface area (Å²) in [6, 6.07) is 4.12. The van der Waals surface area contributed by atoms with Gasteiger partial charge >= 0.3 is 0 Å². The maximum Gasteiger partial charge on any atom is 0.225 e. The van der Waals surface area contributed by atoms with Crippen molar-refractivity contribution >= 4 is 16.7 Å². The Hall–Kier alpha value is -2.94. The molecule has 0 unspecified atom stereocenters. The van der Waals surface area contributed by atoms with Crippen LogP contribution in [0.15, 0.2) is 30.7 Å². The molecule has 0 aromatic carbocycles. The zero-order valence-electron chi connectivity index (χ0n) is 17.5. The van der Waals surface area contributed by atoms with Crippen molar-refractivity contribution in [2.24, 2.45) is 0 Å². The zero-order valence-corrected chi connectivity index (χ0v) is 17.5. The molecule has 1 aliphatic carbocycles. The van der Waals surface area contributed by atoms with Crippen LogP contribution in [0.25, 0.3) is 10.9 Å². The SMILES string of the molecule is COc1cnc2cc(N3CCOCC3)nc(O[C@H]3CC[C@@H](n4cc(F)cn4)CC3)c2c1. The van der Waals surface area contributed by atoms with E-state index in [0.717, 1.165) is 55.5 Å². The molecule has 5 rings (SSSR count). The highest BCUT2D eigenvalue weighted by Crippen LogP contribution is 2.34. The molecule has 0 spiro atoms. The highest BCUT2D eigenvalue weighted by molar-refractivity contribution is 5.87. The first kappa shape index (κ1) is 20.0. The van der Waals surface area contributed by atoms with Gasteiger partial charge in [-0.3, -0.25) is 9.67 Å². The minimum atomic E-state index is -0.296. The van der Waals surface area contributed by atoms with Crippen molar-refractivity contribution in [3.8, 4) is 11.6 Å². The summed E-state index contributed by atoms with van der Waals surface area (Å²) in [5.74, 6) is 1.81. The second-order valence-electron chi connectivity index (χ2n) is 8.01. The van der Waals surface area contributed by atoms with Crippen molar-refractivity contribution in [2.45, 2.75) is 37.8 Å². The van der Waals surface area contributed by atoms with Crippen LogP contribution in [-0.2, 0) is 4.74 Å². The molecule has 9 heteroatoms. The summed E-state index contributed by atoms with van der Waals surface area (Å²) in [7, 11) is 1.62. The van der Waals surface area contributed by atoms with Gasteiger partial charge in [0.2, 0.25) is 5.88 Å². The Morgan fingerprint density at radius 1 is 1.10 bits per heavy atom. The van der Waals surface area contributed by atoms with E-state index in [0.29, 0.717) is 24.8 Å². The van der Waals surface area contributed by atoms with Crippen molar-refractivity contribution in [1.82, 2.24) is 19.7 Å². The molecule has 0 N–H and O–H groups in total. The number of ether oxygens (including phenoxy) is 3. The van der Waals surface area contributed by atoms with Crippen LogP contribution >= 0.6 is 0 Å². The van der Waals surface area contributed by atoms with Crippen LogP contribution in [0.4, 0.5) is 10.2 Å². The predicted molar refractivity (Wildman–Crippen MR) is 113 cm³/mol. The molecule has 1 saturated heterocycles. The first-order chi connectivity index (χ1) is 15.2. The molecule has 0 bridgehead atoms. The van der Waals surface area contributed by atoms with Gasteiger partial charge in [-0.15, -0.1) is 0 Å². The van der Waals surface area contributed by atoms with E-state index in [-0.39, 0.29) is 18.0 Å². The molecule has 1 aliphatic heterocycles. The molecular weight excluding hydrogens is 401 g/mol. The van der Waals surface area contributed by atoms with E-state index in [2.05, 4.69) is 15.0 Å². The van der Waals surface area contributed by atoms with Crippen molar-refractivity contribution in [1.29, 1.82) is 0 Å². The average molecular weight is 427 g/mol. The van der Waals surface area contributed by atoms with Crippen LogP contribution in [0.5, 0.6) is 11.6 Å². The van der Waals surface area contributed by atoms with E-state index in [4.69, 9.17) is 19.2 Å². The average Bonchev–Trinajstić information content (AvgIpc) is 3.26. The van der Waals surface area contributed by atoms with Gasteiger partial charge in [-0.1, -0.05) is 0 Å². The Balaban J connectivity index is 1.38. The van der Waals surface area contributed by atoms with Crippen molar-refractivity contribution in [3.63, 3.8) is 0 Å². The maximum atomic E-state index is 13.3. The standard InChI is InChI=1S/C22H26FN5O3/c1-29-18-10-19-20(24-13-18)11-21(27-6-8-30-9-7-27)26-22(19)31-17-4-2-16(3-5-17)28-14-15(23)12-25-28/h10-14,16-17H,2-9H2,1H3/t16-,17+. The number of halogens is 1. The number of anilines is 1. The van der Waals surface area contributed by atoms with Crippen LogP contribution in [-0.4, -0.2) is 59.3 Å². The zero-order chi connectivity index (χ0) is 21.2. The summed E-state index contributed by atoms with van der Waals surface area (Å²) in [5, 5.41) is 4.96. The number of morpholine rings is 1. The quantitative estimate of drug-likeness (QED) is 0.618. The third-order valence-corrected chi connectivity index (χ3v) is 6.04. The lowest BCUT2D eigenvalue weighted by Crippen LogP contribution is -2.36. The number of methoxy groups -OCH3 is 1. The van der Waals surface area contributed by atoms with E-state index in [1.807, 2.05) is 12.1 Å². The fourth-order valence-corrected chi connectivity index (χ4v) is 4.32. The molecule has 3 aromatic rings. The van der Waals surface area contributed by atoms with Gasteiger partial charge in [0.1, 0.15) is 17.7 Å². The van der Waals surface area contributed by atoms with Crippen molar-refractivity contribution < 1.29 is 18.6 Å². The van der Waals surface area contributed by atoms with E-state index in [9.17, 15) is 4.39 Å². The predicted octanol–water partition coefficient (Wildman–Crippen LogP) is 3.37. The Morgan fingerprint density at radius 3 is 2.61 bits per heavy atom. The third-order valence-electron chi connectivity index (χ3n) is 6.04. The Morgan fingerprint density at radius 2 is 1.90 bits per heavy atom. The topological polar surface area (TPSA) is 74.5 Å². The summed E-state index contributed by atoms with van der Waals surface area (Å²) in [5.41, 5.74) is 0.827. The minimum Gasteiger partial charge on any atom is -0.495 e. The minimum absolute atomic E-state index is 0.0403. The molecule has 0 atom stereocenters. The van der Waals surface area contributed by atoms with E-state index in [1.165, 1.54) is 12.4 Å². The normalized spacial score (nSPS) is 21.9. The molecular formula is C22H26FN5O3. The maximum absolute atomic E-state index is 13.3. The number of pyridine rings is 2. The van der Waals surface area contributed by atoms with Gasteiger partial charge in [0, 0.05) is 19.2 Å². The van der Waals surface area contributed by atoms with Crippen LogP contribution in [0.3, 0.4) is 0 Å². The molecule has 0 radical (unpaired) electrons. The second-order valence-corrected chi connectivity index (χ2v) is 8.01. The number of hydrogen-bond acceptors (Lipinski definition) is 7. The van der Waals surface area contributed by atoms with Crippen LogP contribution in [0.1, 0.15) is 31.7 Å². The van der Waals surface area contributed by atoms with Gasteiger partial charge in [-0.25, -0.2) is 4.39 Å². The lowest BCUT2D eigenvalue weighted by atomic mass is 9.93. The van der Waals surface area contributed by atoms with E-state index < -0.39 is 0 Å². The number of fused-ring (bicyclic) bond motifs is 1. The first-order valence-electron chi connectivity index (χ1n) is 10.7. The summed E-state index contributed by atoms with van der Waals surface area (Å²) >= 11 is 0. The van der Waals surface area contributed by atoms with Crippen LogP contribution in [0.2, 0.25) is 0 Å². The Kier molecular flexibility index (Phi) is 5.59. The summed E-state index contributed by atoms with van der Waals surface area (Å²) < 4.78 is 32.3. The summed E-state index contributed by atoms with van der Waals surface area (Å²) in [6.07, 6.45) is 7.95. The van der Waals surface area contributed by atoms with Crippen molar-refractivity contribution in [2.75, 3.05) is 38.3 Å². The lowest BCUT2D eigenvalue weighted by Gasteiger charge is -2.30. The molecule has 164 valence electrons. The molecule has 2 aliphatic rings. The van der Waals surface area contributed by atoms with Gasteiger partial charge in [-0.05, 0) is 31.7 Å². The van der Waals surface area contributed by atoms with Gasteiger partial charge in [0.25, 0.3) is 0 Å². The number of rotatable bonds is 5. The highest BCUT2D eigenvalue weighted by atomic mass is 19.1. The molecule has 2 fully saturated rings. The second kappa shape index (κ2) is 8.66. The number of hydrogen-bond donors (Lipinski definition) is 0. The number of nitrogens with zero attached hydrogens (tertiary/aromatic N) is 5. The Labute approximate surface area is 179 Å². The monoisotopic (exact) mass is 427 g/mol. The fraction of sp³-hybridized carbons (Fsp3) is 0.500. The van der Waals surface area contributed by atoms with Crippen LogP contribution in [0, 0.1) is 5.82 Å². The van der Waals surface area contributed by atoms with Gasteiger partial charge in [0.05, 0.1) is 55.9 Å². The smallest absolute Gasteiger partial charge is 0.225 e. The molecule has 3 aromatic heterocycles. The molecule has 1 saturated carbocycles. The van der Waals surface area contributed by atoms with E-state index in [1.54, 1.807) is 18.0 Å². The Bertz CT molecular complexity index is 1040. The van der Waals surface area contributed by atoms with Gasteiger partial charge in [0.15, 0.2) is 5.82 Å². The lowest BCUT2D eigenvalue weighted by molar-refractivity contribution is 0.120. The number of aromatic nitrogens is 4. The fourth-order valence-electron chi connectivity index (χ4n) is 4.32. The summed E-state index contributed by atoms with van der Waals surface area (Å²) in [6.45, 7) is 2.95. The summed E-state index contributed by atoms with van der Waals surface area (Å²) in [4.78, 5) is 11.6. The van der Waals surface area contributed by atoms with Gasteiger partial charge < -0.3 is 19.1 Å². The van der Waals surface area contributed by atoms with Crippen LogP contribution < -0.4 is 14.4 Å².